The number of nitrogens with one attached hydrogen (secondary N) is 1. The monoisotopic (exact) mass is 477 g/mol. The predicted molar refractivity (Wildman–Crippen MR) is 138 cm³/mol. The lowest BCUT2D eigenvalue weighted by molar-refractivity contribution is 0.0843. The van der Waals surface area contributed by atoms with Gasteiger partial charge < -0.3 is 20.4 Å². The van der Waals surface area contributed by atoms with E-state index < -0.39 is 0 Å². The number of anilines is 1. The number of hydrogen-bond acceptors (Lipinski definition) is 5. The molecule has 0 aliphatic carbocycles. The summed E-state index contributed by atoms with van der Waals surface area (Å²) in [4.78, 5) is 0. The molecule has 0 unspecified atom stereocenters. The molecule has 1 fully saturated rings. The molecule has 1 aliphatic rings. The molecular weight excluding hydrogens is 449 g/mol. The highest BCUT2D eigenvalue weighted by atomic mass is 32.2. The van der Waals surface area contributed by atoms with Crippen LogP contribution in [-0.4, -0.2) is 45.8 Å². The van der Waals surface area contributed by atoms with Crippen LogP contribution >= 0.6 is 11.8 Å². The van der Waals surface area contributed by atoms with Gasteiger partial charge in [0.25, 0.3) is 0 Å². The fourth-order valence-electron chi connectivity index (χ4n) is 4.84. The number of ether oxygens (including phenoxy) is 1. The van der Waals surface area contributed by atoms with Crippen molar-refractivity contribution >= 4 is 34.6 Å². The Morgan fingerprint density at radius 2 is 2.00 bits per heavy atom. The Morgan fingerprint density at radius 3 is 2.71 bits per heavy atom. The second-order valence-electron chi connectivity index (χ2n) is 8.59. The van der Waals surface area contributed by atoms with E-state index in [1.807, 2.05) is 35.1 Å². The first kappa shape index (κ1) is 22.7. The number of fused-ring (bicyclic) bond motifs is 1. The molecule has 3 N–H and O–H groups in total. The van der Waals surface area contributed by atoms with Crippen LogP contribution in [0.3, 0.4) is 0 Å². The molecule has 176 valence electrons. The van der Waals surface area contributed by atoms with Crippen LogP contribution in [0.1, 0.15) is 30.0 Å². The van der Waals surface area contributed by atoms with Crippen molar-refractivity contribution in [3.8, 4) is 16.8 Å². The Labute approximate surface area is 202 Å². The maximum absolute atomic E-state index is 13.8. The molecule has 0 atom stereocenters. The Balaban J connectivity index is 1.83. The highest BCUT2D eigenvalue weighted by Gasteiger charge is 2.29. The Kier molecular flexibility index (Phi) is 6.43. The van der Waals surface area contributed by atoms with Crippen LogP contribution in [0.5, 0.6) is 0 Å². The van der Waals surface area contributed by atoms with Gasteiger partial charge in [0.15, 0.2) is 0 Å². The fraction of sp³-hybridized carbons (Fsp3) is 0.308. The van der Waals surface area contributed by atoms with Gasteiger partial charge in [-0.1, -0.05) is 0 Å². The van der Waals surface area contributed by atoms with E-state index in [2.05, 4.69) is 22.1 Å². The summed E-state index contributed by atoms with van der Waals surface area (Å²) >= 11 is 1.79. The first-order valence-electron chi connectivity index (χ1n) is 11.4. The summed E-state index contributed by atoms with van der Waals surface area (Å²) in [6.07, 6.45) is 9.20. The number of aromatic nitrogens is 3. The molecule has 2 aromatic heterocycles. The molecule has 34 heavy (non-hydrogen) atoms. The summed E-state index contributed by atoms with van der Waals surface area (Å²) in [6, 6.07) is 10.5. The van der Waals surface area contributed by atoms with Gasteiger partial charge in [-0.05, 0) is 55.5 Å². The highest BCUT2D eigenvalue weighted by Crippen LogP contribution is 2.44. The Bertz CT molecular complexity index is 1320. The maximum Gasteiger partial charge on any atom is 0.123 e. The van der Waals surface area contributed by atoms with E-state index in [0.717, 1.165) is 58.6 Å². The molecule has 6 nitrogen and oxygen atoms in total. The number of nitrogens with two attached hydrogens (primary N) is 1. The lowest BCUT2D eigenvalue weighted by Gasteiger charge is -2.25. The van der Waals surface area contributed by atoms with Gasteiger partial charge in [-0.15, -0.1) is 0 Å². The van der Waals surface area contributed by atoms with Crippen molar-refractivity contribution in [2.45, 2.75) is 25.3 Å². The number of benzene rings is 2. The molecule has 2 aromatic carbocycles. The third-order valence-electron chi connectivity index (χ3n) is 6.50. The lowest BCUT2D eigenvalue weighted by Crippen LogP contribution is -2.17. The van der Waals surface area contributed by atoms with Gasteiger partial charge >= 0.3 is 0 Å². The molecule has 0 saturated carbocycles. The van der Waals surface area contributed by atoms with Crippen molar-refractivity contribution in [1.29, 1.82) is 5.41 Å². The van der Waals surface area contributed by atoms with Crippen molar-refractivity contribution in [1.82, 2.24) is 14.3 Å². The number of nitrogen functional groups attached to an aromatic ring is 1. The largest absolute Gasteiger partial charge is 0.398 e. The van der Waals surface area contributed by atoms with Crippen LogP contribution in [0, 0.1) is 11.2 Å². The second-order valence-corrected chi connectivity index (χ2v) is 9.57. The predicted octanol–water partition coefficient (Wildman–Crippen LogP) is 5.47. The van der Waals surface area contributed by atoms with Gasteiger partial charge in [-0.2, -0.15) is 16.9 Å². The van der Waals surface area contributed by atoms with Crippen LogP contribution in [-0.2, 0) is 11.3 Å². The maximum atomic E-state index is 13.8. The molecule has 0 bridgehead atoms. The van der Waals surface area contributed by atoms with E-state index in [-0.39, 0.29) is 11.7 Å². The van der Waals surface area contributed by atoms with Gasteiger partial charge in [0, 0.05) is 83.0 Å². The SMILES string of the molecule is CSCCn1cc(-c2c(C3CCOCC3)n(-c3ccc(F)cc3)c3cc(C=N)c(N)cc23)cn1. The lowest BCUT2D eigenvalue weighted by atomic mass is 9.90. The van der Waals surface area contributed by atoms with E-state index >= 15 is 0 Å². The molecular formula is C26H28FN5OS. The smallest absolute Gasteiger partial charge is 0.123 e. The summed E-state index contributed by atoms with van der Waals surface area (Å²) in [5.74, 6) is 0.981. The minimum absolute atomic E-state index is 0.264. The minimum Gasteiger partial charge on any atom is -0.398 e. The zero-order valence-electron chi connectivity index (χ0n) is 19.1. The first-order chi connectivity index (χ1) is 16.6. The minimum atomic E-state index is -0.271. The molecule has 1 aliphatic heterocycles. The Hall–Kier alpha value is -3.10. The van der Waals surface area contributed by atoms with Gasteiger partial charge in [0.1, 0.15) is 5.82 Å². The zero-order valence-corrected chi connectivity index (χ0v) is 19.9. The van der Waals surface area contributed by atoms with E-state index in [1.165, 1.54) is 18.3 Å². The van der Waals surface area contributed by atoms with Crippen molar-refractivity contribution in [2.75, 3.05) is 31.0 Å². The summed E-state index contributed by atoms with van der Waals surface area (Å²) < 4.78 is 23.7. The summed E-state index contributed by atoms with van der Waals surface area (Å²) in [5.41, 5.74) is 12.7. The van der Waals surface area contributed by atoms with E-state index in [0.29, 0.717) is 24.5 Å². The molecule has 0 radical (unpaired) electrons. The van der Waals surface area contributed by atoms with Crippen LogP contribution in [0.4, 0.5) is 10.1 Å². The molecule has 4 aromatic rings. The molecule has 3 heterocycles. The van der Waals surface area contributed by atoms with Gasteiger partial charge in [0.2, 0.25) is 0 Å². The number of hydrogen-bond donors (Lipinski definition) is 2. The molecule has 8 heteroatoms. The third kappa shape index (κ3) is 4.12. The number of aryl methyl sites for hydroxylation is 1. The van der Waals surface area contributed by atoms with E-state index in [1.54, 1.807) is 11.8 Å². The third-order valence-corrected chi connectivity index (χ3v) is 7.09. The van der Waals surface area contributed by atoms with Crippen LogP contribution in [0.25, 0.3) is 27.7 Å². The van der Waals surface area contributed by atoms with E-state index in [9.17, 15) is 4.39 Å². The van der Waals surface area contributed by atoms with Gasteiger partial charge in [-0.3, -0.25) is 4.68 Å². The van der Waals surface area contributed by atoms with Crippen molar-refractivity contribution in [3.05, 3.63) is 65.9 Å². The van der Waals surface area contributed by atoms with Crippen LogP contribution in [0.2, 0.25) is 0 Å². The number of thioether (sulfide) groups is 1. The van der Waals surface area contributed by atoms with Gasteiger partial charge in [0.05, 0.1) is 11.7 Å². The number of nitrogens with zero attached hydrogens (tertiary/aromatic N) is 3. The normalized spacial score (nSPS) is 14.6. The van der Waals surface area contributed by atoms with Crippen molar-refractivity contribution < 1.29 is 9.13 Å². The van der Waals surface area contributed by atoms with Crippen molar-refractivity contribution in [3.63, 3.8) is 0 Å². The molecule has 0 spiro atoms. The standard InChI is InChI=1S/C26H28FN5OS/c1-34-11-8-31-16-19(15-30-31)25-22-13-23(29)18(14-28)12-24(22)32(21-4-2-20(27)3-5-21)26(25)17-6-9-33-10-7-17/h2-5,12-17,28H,6-11,29H2,1H3. The topological polar surface area (TPSA) is 81.8 Å². The zero-order chi connectivity index (χ0) is 23.7. The molecule has 0 amide bonds. The average molecular weight is 478 g/mol. The summed E-state index contributed by atoms with van der Waals surface area (Å²) in [5, 5.41) is 13.5. The highest BCUT2D eigenvalue weighted by molar-refractivity contribution is 7.98. The van der Waals surface area contributed by atoms with Crippen LogP contribution < -0.4 is 5.73 Å². The number of halogens is 1. The van der Waals surface area contributed by atoms with Crippen molar-refractivity contribution in [2.24, 2.45) is 0 Å². The summed E-state index contributed by atoms with van der Waals surface area (Å²) in [7, 11) is 0. The first-order valence-corrected chi connectivity index (χ1v) is 12.8. The average Bonchev–Trinajstić information content (AvgIpc) is 3.45. The Morgan fingerprint density at radius 1 is 1.24 bits per heavy atom. The second kappa shape index (κ2) is 9.64. The summed E-state index contributed by atoms with van der Waals surface area (Å²) in [6.45, 7) is 2.25. The quantitative estimate of drug-likeness (QED) is 0.273. The van der Waals surface area contributed by atoms with Crippen LogP contribution in [0.15, 0.2) is 48.8 Å². The molecule has 1 saturated heterocycles. The molecule has 5 rings (SSSR count). The van der Waals surface area contributed by atoms with Gasteiger partial charge in [-0.25, -0.2) is 4.39 Å². The number of rotatable bonds is 7. The fourth-order valence-corrected chi connectivity index (χ4v) is 5.21. The van der Waals surface area contributed by atoms with E-state index in [4.69, 9.17) is 15.9 Å².